The molecule has 1 aliphatic rings. The summed E-state index contributed by atoms with van der Waals surface area (Å²) in [7, 11) is 0. The Labute approximate surface area is 108 Å². The van der Waals surface area contributed by atoms with Gasteiger partial charge < -0.3 is 10.3 Å². The Kier molecular flexibility index (Phi) is 3.15. The van der Waals surface area contributed by atoms with Crippen LogP contribution in [0.15, 0.2) is 36.8 Å². The first-order chi connectivity index (χ1) is 8.83. The molecule has 1 heterocycles. The lowest BCUT2D eigenvalue weighted by molar-refractivity contribution is 0.288. The van der Waals surface area contributed by atoms with Crippen molar-refractivity contribution >= 4 is 0 Å². The zero-order valence-corrected chi connectivity index (χ0v) is 10.7. The van der Waals surface area contributed by atoms with E-state index in [0.29, 0.717) is 6.04 Å². The van der Waals surface area contributed by atoms with Gasteiger partial charge in [0.1, 0.15) is 0 Å². The number of hydrogen-bond acceptors (Lipinski definition) is 2. The highest BCUT2D eigenvalue weighted by atomic mass is 15.0. The summed E-state index contributed by atoms with van der Waals surface area (Å²) >= 11 is 0. The monoisotopic (exact) mass is 241 g/mol. The molecule has 0 amide bonds. The fourth-order valence-electron chi connectivity index (χ4n) is 2.72. The Bertz CT molecular complexity index is 498. The van der Waals surface area contributed by atoms with Crippen molar-refractivity contribution in [3.63, 3.8) is 0 Å². The molecule has 1 fully saturated rings. The molecule has 18 heavy (non-hydrogen) atoms. The number of nitrogens with one attached hydrogen (secondary N) is 2. The van der Waals surface area contributed by atoms with Gasteiger partial charge in [-0.25, -0.2) is 4.98 Å². The number of benzene rings is 1. The summed E-state index contributed by atoms with van der Waals surface area (Å²) in [5.74, 6) is 0.741. The molecule has 3 nitrogen and oxygen atoms in total. The van der Waals surface area contributed by atoms with E-state index >= 15 is 0 Å². The minimum Gasteiger partial charge on any atom is -0.347 e. The molecule has 0 unspecified atom stereocenters. The molecule has 0 saturated heterocycles. The standard InChI is InChI=1S/C15H19N3/c1-11-4-2-3-5-15(11)12-6-13(7-12)17-9-14-8-16-10-18-14/h2-5,8,10,12-13,17H,6-7,9H2,1H3,(H,16,18). The Morgan fingerprint density at radius 1 is 1.33 bits per heavy atom. The Morgan fingerprint density at radius 3 is 2.89 bits per heavy atom. The molecule has 0 atom stereocenters. The van der Waals surface area contributed by atoms with Crippen LogP contribution in [-0.2, 0) is 6.54 Å². The molecule has 0 radical (unpaired) electrons. The molecular weight excluding hydrogens is 222 g/mol. The SMILES string of the molecule is Cc1ccccc1C1CC(NCc2cnc[nH]2)C1. The molecule has 3 rings (SSSR count). The quantitative estimate of drug-likeness (QED) is 0.864. The fourth-order valence-corrected chi connectivity index (χ4v) is 2.72. The number of aromatic amines is 1. The van der Waals surface area contributed by atoms with Gasteiger partial charge in [-0.3, -0.25) is 0 Å². The molecule has 3 heteroatoms. The van der Waals surface area contributed by atoms with Crippen molar-refractivity contribution in [3.05, 3.63) is 53.6 Å². The third kappa shape index (κ3) is 2.31. The number of nitrogens with zero attached hydrogens (tertiary/aromatic N) is 1. The maximum Gasteiger partial charge on any atom is 0.0922 e. The summed E-state index contributed by atoms with van der Waals surface area (Å²) in [6.07, 6.45) is 6.11. The van der Waals surface area contributed by atoms with Crippen LogP contribution in [0.4, 0.5) is 0 Å². The van der Waals surface area contributed by atoms with Gasteiger partial charge in [0.25, 0.3) is 0 Å². The molecule has 2 N–H and O–H groups in total. The number of hydrogen-bond donors (Lipinski definition) is 2. The number of aromatic nitrogens is 2. The van der Waals surface area contributed by atoms with E-state index in [1.165, 1.54) is 24.0 Å². The van der Waals surface area contributed by atoms with Gasteiger partial charge >= 0.3 is 0 Å². The van der Waals surface area contributed by atoms with E-state index in [1.807, 2.05) is 6.20 Å². The van der Waals surface area contributed by atoms with Crippen molar-refractivity contribution in [1.29, 1.82) is 0 Å². The van der Waals surface area contributed by atoms with Gasteiger partial charge in [-0.05, 0) is 36.8 Å². The number of aryl methyl sites for hydroxylation is 1. The van der Waals surface area contributed by atoms with Crippen molar-refractivity contribution in [3.8, 4) is 0 Å². The molecule has 1 aromatic heterocycles. The van der Waals surface area contributed by atoms with Crippen LogP contribution in [0.5, 0.6) is 0 Å². The van der Waals surface area contributed by atoms with Crippen molar-refractivity contribution in [2.75, 3.05) is 0 Å². The summed E-state index contributed by atoms with van der Waals surface area (Å²) in [5, 5.41) is 3.57. The second-order valence-electron chi connectivity index (χ2n) is 5.18. The Hall–Kier alpha value is -1.61. The summed E-state index contributed by atoms with van der Waals surface area (Å²) < 4.78 is 0. The van der Waals surface area contributed by atoms with Gasteiger partial charge in [0.15, 0.2) is 0 Å². The zero-order chi connectivity index (χ0) is 12.4. The van der Waals surface area contributed by atoms with Gasteiger partial charge in [-0.2, -0.15) is 0 Å². The summed E-state index contributed by atoms with van der Waals surface area (Å²) in [6.45, 7) is 3.10. The molecule has 1 aliphatic carbocycles. The van der Waals surface area contributed by atoms with Gasteiger partial charge in [0.05, 0.1) is 6.33 Å². The highest BCUT2D eigenvalue weighted by molar-refractivity contribution is 5.31. The Morgan fingerprint density at radius 2 is 2.17 bits per heavy atom. The molecule has 0 aliphatic heterocycles. The van der Waals surface area contributed by atoms with Crippen molar-refractivity contribution < 1.29 is 0 Å². The van der Waals surface area contributed by atoms with E-state index in [-0.39, 0.29) is 0 Å². The first kappa shape index (κ1) is 11.5. The van der Waals surface area contributed by atoms with Crippen LogP contribution in [0.1, 0.15) is 35.6 Å². The second kappa shape index (κ2) is 4.94. The predicted molar refractivity (Wildman–Crippen MR) is 72.4 cm³/mol. The average Bonchev–Trinajstić information content (AvgIpc) is 2.82. The largest absolute Gasteiger partial charge is 0.347 e. The predicted octanol–water partition coefficient (Wildman–Crippen LogP) is 2.75. The van der Waals surface area contributed by atoms with E-state index in [1.54, 1.807) is 6.33 Å². The maximum absolute atomic E-state index is 4.02. The van der Waals surface area contributed by atoms with Crippen LogP contribution in [0, 0.1) is 6.92 Å². The van der Waals surface area contributed by atoms with E-state index in [2.05, 4.69) is 46.5 Å². The number of imidazole rings is 1. The smallest absolute Gasteiger partial charge is 0.0922 e. The normalized spacial score (nSPS) is 22.7. The van der Waals surface area contributed by atoms with E-state index in [4.69, 9.17) is 0 Å². The van der Waals surface area contributed by atoms with Crippen LogP contribution in [-0.4, -0.2) is 16.0 Å². The van der Waals surface area contributed by atoms with Crippen LogP contribution < -0.4 is 5.32 Å². The lowest BCUT2D eigenvalue weighted by Gasteiger charge is -2.37. The molecular formula is C15H19N3. The van der Waals surface area contributed by atoms with Gasteiger partial charge in [-0.15, -0.1) is 0 Å². The van der Waals surface area contributed by atoms with Crippen molar-refractivity contribution in [2.45, 2.75) is 38.3 Å². The van der Waals surface area contributed by atoms with Crippen LogP contribution >= 0.6 is 0 Å². The number of H-pyrrole nitrogens is 1. The second-order valence-corrected chi connectivity index (χ2v) is 5.18. The van der Waals surface area contributed by atoms with Crippen LogP contribution in [0.3, 0.4) is 0 Å². The first-order valence-corrected chi connectivity index (χ1v) is 6.59. The summed E-state index contributed by atoms with van der Waals surface area (Å²) in [5.41, 5.74) is 4.11. The zero-order valence-electron chi connectivity index (χ0n) is 10.7. The molecule has 0 bridgehead atoms. The lowest BCUT2D eigenvalue weighted by atomic mass is 9.74. The third-order valence-corrected chi connectivity index (χ3v) is 3.90. The van der Waals surface area contributed by atoms with Crippen molar-refractivity contribution in [2.24, 2.45) is 0 Å². The highest BCUT2D eigenvalue weighted by Gasteiger charge is 2.30. The van der Waals surface area contributed by atoms with Crippen LogP contribution in [0.2, 0.25) is 0 Å². The lowest BCUT2D eigenvalue weighted by Crippen LogP contribution is -2.39. The Balaban J connectivity index is 1.50. The molecule has 1 aromatic carbocycles. The van der Waals surface area contributed by atoms with Crippen molar-refractivity contribution in [1.82, 2.24) is 15.3 Å². The van der Waals surface area contributed by atoms with E-state index in [9.17, 15) is 0 Å². The summed E-state index contributed by atoms with van der Waals surface area (Å²) in [6, 6.07) is 9.39. The van der Waals surface area contributed by atoms with Gasteiger partial charge in [-0.1, -0.05) is 24.3 Å². The first-order valence-electron chi connectivity index (χ1n) is 6.59. The van der Waals surface area contributed by atoms with E-state index in [0.717, 1.165) is 18.2 Å². The van der Waals surface area contributed by atoms with Gasteiger partial charge in [0.2, 0.25) is 0 Å². The van der Waals surface area contributed by atoms with Crippen LogP contribution in [0.25, 0.3) is 0 Å². The molecule has 94 valence electrons. The fraction of sp³-hybridized carbons (Fsp3) is 0.400. The number of rotatable bonds is 4. The third-order valence-electron chi connectivity index (χ3n) is 3.90. The molecule has 2 aromatic rings. The van der Waals surface area contributed by atoms with E-state index < -0.39 is 0 Å². The minimum absolute atomic E-state index is 0.651. The molecule has 1 saturated carbocycles. The topological polar surface area (TPSA) is 40.7 Å². The average molecular weight is 241 g/mol. The minimum atomic E-state index is 0.651. The highest BCUT2D eigenvalue weighted by Crippen LogP contribution is 2.38. The molecule has 0 spiro atoms. The maximum atomic E-state index is 4.02. The van der Waals surface area contributed by atoms with Gasteiger partial charge in [0, 0.05) is 24.5 Å². The summed E-state index contributed by atoms with van der Waals surface area (Å²) in [4.78, 5) is 7.14.